The fourth-order valence-electron chi connectivity index (χ4n) is 3.86. The van der Waals surface area contributed by atoms with Gasteiger partial charge < -0.3 is 16.0 Å². The summed E-state index contributed by atoms with van der Waals surface area (Å²) in [5.74, 6) is 3.46. The molecule has 3 unspecified atom stereocenters. The smallest absolute Gasteiger partial charge is 0.258 e. The van der Waals surface area contributed by atoms with Crippen molar-refractivity contribution >= 4 is 11.4 Å². The molecule has 1 aromatic carbocycles. The summed E-state index contributed by atoms with van der Waals surface area (Å²) in [4.78, 5) is 4.57. The summed E-state index contributed by atoms with van der Waals surface area (Å²) in [7, 11) is 0. The zero-order valence-corrected chi connectivity index (χ0v) is 11.2. The molecule has 0 saturated heterocycles. The Morgan fingerprint density at radius 1 is 1.05 bits per heavy atom. The summed E-state index contributed by atoms with van der Waals surface area (Å²) in [6, 6.07) is 5.35. The molecule has 104 valence electrons. The molecule has 2 aliphatic rings. The molecule has 0 aliphatic heterocycles. The van der Waals surface area contributed by atoms with Gasteiger partial charge in [-0.25, -0.2) is 0 Å². The average Bonchev–Trinajstić information content (AvgIpc) is 3.13. The predicted molar refractivity (Wildman–Crippen MR) is 76.7 cm³/mol. The first kappa shape index (κ1) is 11.8. The first-order valence-electron chi connectivity index (χ1n) is 7.19. The van der Waals surface area contributed by atoms with Crippen LogP contribution < -0.4 is 11.5 Å². The van der Waals surface area contributed by atoms with Crippen molar-refractivity contribution in [2.75, 3.05) is 11.5 Å². The van der Waals surface area contributed by atoms with Crippen molar-refractivity contribution in [3.8, 4) is 11.5 Å². The zero-order chi connectivity index (χ0) is 13.7. The maximum Gasteiger partial charge on any atom is 0.258 e. The van der Waals surface area contributed by atoms with Crippen LogP contribution in [0.15, 0.2) is 22.7 Å². The van der Waals surface area contributed by atoms with E-state index in [0.29, 0.717) is 23.2 Å². The van der Waals surface area contributed by atoms with Gasteiger partial charge >= 0.3 is 0 Å². The van der Waals surface area contributed by atoms with Gasteiger partial charge in [0, 0.05) is 22.9 Å². The van der Waals surface area contributed by atoms with Crippen LogP contribution in [0.1, 0.15) is 37.4 Å². The molecule has 0 spiro atoms. The minimum atomic E-state index is 0.477. The van der Waals surface area contributed by atoms with Gasteiger partial charge in [0.15, 0.2) is 5.82 Å². The molecular weight excluding hydrogens is 252 g/mol. The second-order valence-electron chi connectivity index (χ2n) is 6.13. The van der Waals surface area contributed by atoms with E-state index in [9.17, 15) is 0 Å². The van der Waals surface area contributed by atoms with E-state index in [4.69, 9.17) is 16.0 Å². The number of nitrogens with zero attached hydrogens (tertiary/aromatic N) is 2. The third-order valence-electron chi connectivity index (χ3n) is 4.74. The molecule has 2 fully saturated rings. The van der Waals surface area contributed by atoms with E-state index in [-0.39, 0.29) is 0 Å². The van der Waals surface area contributed by atoms with Crippen molar-refractivity contribution in [3.63, 3.8) is 0 Å². The van der Waals surface area contributed by atoms with Crippen molar-refractivity contribution in [3.05, 3.63) is 24.0 Å². The van der Waals surface area contributed by atoms with Crippen LogP contribution in [0.3, 0.4) is 0 Å². The lowest BCUT2D eigenvalue weighted by Gasteiger charge is -2.17. The molecule has 4 rings (SSSR count). The van der Waals surface area contributed by atoms with Gasteiger partial charge in [0.05, 0.1) is 0 Å². The Morgan fingerprint density at radius 2 is 1.85 bits per heavy atom. The Morgan fingerprint density at radius 3 is 2.50 bits per heavy atom. The van der Waals surface area contributed by atoms with Gasteiger partial charge in [0.2, 0.25) is 0 Å². The largest absolute Gasteiger partial charge is 0.399 e. The Kier molecular flexibility index (Phi) is 2.49. The number of hydrogen-bond acceptors (Lipinski definition) is 5. The molecule has 4 N–H and O–H groups in total. The minimum Gasteiger partial charge on any atom is -0.399 e. The van der Waals surface area contributed by atoms with Gasteiger partial charge in [-0.1, -0.05) is 11.6 Å². The van der Waals surface area contributed by atoms with E-state index < -0.39 is 0 Å². The highest BCUT2D eigenvalue weighted by Gasteiger charge is 2.42. The summed E-state index contributed by atoms with van der Waals surface area (Å²) in [6.45, 7) is 0. The van der Waals surface area contributed by atoms with Crippen LogP contribution in [0.2, 0.25) is 0 Å². The van der Waals surface area contributed by atoms with Gasteiger partial charge in [-0.15, -0.1) is 0 Å². The van der Waals surface area contributed by atoms with Crippen LogP contribution in [0.5, 0.6) is 0 Å². The van der Waals surface area contributed by atoms with Crippen molar-refractivity contribution in [2.24, 2.45) is 11.8 Å². The van der Waals surface area contributed by atoms with Crippen LogP contribution in [0.25, 0.3) is 11.5 Å². The number of benzene rings is 1. The molecule has 0 amide bonds. The lowest BCUT2D eigenvalue weighted by atomic mass is 9.88. The molecule has 2 aromatic rings. The fourth-order valence-corrected chi connectivity index (χ4v) is 3.86. The molecule has 5 heteroatoms. The van der Waals surface area contributed by atoms with E-state index >= 15 is 0 Å². The van der Waals surface area contributed by atoms with Crippen LogP contribution in [-0.4, -0.2) is 10.1 Å². The topological polar surface area (TPSA) is 91.0 Å². The lowest BCUT2D eigenvalue weighted by molar-refractivity contribution is 0.372. The Labute approximate surface area is 117 Å². The number of nitrogen functional groups attached to an aromatic ring is 2. The average molecular weight is 270 g/mol. The minimum absolute atomic E-state index is 0.477. The van der Waals surface area contributed by atoms with Crippen LogP contribution in [-0.2, 0) is 0 Å². The first-order valence-corrected chi connectivity index (χ1v) is 7.19. The fraction of sp³-hybridized carbons (Fsp3) is 0.467. The molecule has 5 nitrogen and oxygen atoms in total. The van der Waals surface area contributed by atoms with Crippen LogP contribution in [0, 0.1) is 11.8 Å². The Bertz CT molecular complexity index is 631. The highest BCUT2D eigenvalue weighted by molar-refractivity contribution is 5.67. The summed E-state index contributed by atoms with van der Waals surface area (Å²) >= 11 is 0. The molecule has 1 aromatic heterocycles. The lowest BCUT2D eigenvalue weighted by Crippen LogP contribution is -2.09. The number of hydrogen-bond donors (Lipinski definition) is 2. The van der Waals surface area contributed by atoms with Crippen molar-refractivity contribution in [1.82, 2.24) is 10.1 Å². The second kappa shape index (κ2) is 4.23. The number of nitrogens with two attached hydrogens (primary N) is 2. The maximum absolute atomic E-state index is 5.81. The molecule has 1 heterocycles. The Hall–Kier alpha value is -2.04. The highest BCUT2D eigenvalue weighted by Crippen LogP contribution is 2.52. The van der Waals surface area contributed by atoms with Crippen molar-refractivity contribution < 1.29 is 4.52 Å². The molecular formula is C15H18N4O. The number of anilines is 2. The molecule has 0 radical (unpaired) electrons. The molecule has 2 saturated carbocycles. The van der Waals surface area contributed by atoms with Crippen LogP contribution in [0.4, 0.5) is 11.4 Å². The molecule has 20 heavy (non-hydrogen) atoms. The number of fused-ring (bicyclic) bond motifs is 2. The quantitative estimate of drug-likeness (QED) is 0.819. The first-order chi connectivity index (χ1) is 9.69. The Balaban J connectivity index is 1.65. The SMILES string of the molecule is Nc1cc(N)cc(-c2nc(C3CC4CCC3C4)no2)c1. The van der Waals surface area contributed by atoms with Gasteiger partial charge in [0.1, 0.15) is 0 Å². The monoisotopic (exact) mass is 270 g/mol. The van der Waals surface area contributed by atoms with Gasteiger partial charge in [-0.05, 0) is 49.3 Å². The van der Waals surface area contributed by atoms with E-state index in [1.165, 1.54) is 25.7 Å². The standard InChI is InChI=1S/C15H18N4O/c16-11-5-10(6-12(17)7-11)15-18-14(19-20-15)13-4-8-1-2-9(13)3-8/h5-9,13H,1-4,16-17H2. The molecule has 2 bridgehead atoms. The highest BCUT2D eigenvalue weighted by atomic mass is 16.5. The van der Waals surface area contributed by atoms with Crippen molar-refractivity contribution in [1.29, 1.82) is 0 Å². The van der Waals surface area contributed by atoms with Gasteiger partial charge in [-0.3, -0.25) is 0 Å². The molecule has 2 aliphatic carbocycles. The third-order valence-corrected chi connectivity index (χ3v) is 4.74. The second-order valence-corrected chi connectivity index (χ2v) is 6.13. The summed E-state index contributed by atoms with van der Waals surface area (Å²) in [5.41, 5.74) is 13.6. The van der Waals surface area contributed by atoms with E-state index in [1.54, 1.807) is 6.07 Å². The van der Waals surface area contributed by atoms with Crippen LogP contribution >= 0.6 is 0 Å². The van der Waals surface area contributed by atoms with Crippen molar-refractivity contribution in [2.45, 2.75) is 31.6 Å². The molecule has 3 atom stereocenters. The normalized spacial score (nSPS) is 28.1. The zero-order valence-electron chi connectivity index (χ0n) is 11.2. The summed E-state index contributed by atoms with van der Waals surface area (Å²) < 4.78 is 5.41. The number of aromatic nitrogens is 2. The van der Waals surface area contributed by atoms with E-state index in [0.717, 1.165) is 23.2 Å². The van der Waals surface area contributed by atoms with Gasteiger partial charge in [0.25, 0.3) is 5.89 Å². The third kappa shape index (κ3) is 1.85. The van der Waals surface area contributed by atoms with E-state index in [1.807, 2.05) is 12.1 Å². The maximum atomic E-state index is 5.81. The number of rotatable bonds is 2. The van der Waals surface area contributed by atoms with E-state index in [2.05, 4.69) is 10.1 Å². The van der Waals surface area contributed by atoms with Gasteiger partial charge in [-0.2, -0.15) is 4.98 Å². The predicted octanol–water partition coefficient (Wildman–Crippen LogP) is 2.80. The summed E-state index contributed by atoms with van der Waals surface area (Å²) in [5, 5.41) is 4.18. The summed E-state index contributed by atoms with van der Waals surface area (Å²) in [6.07, 6.45) is 5.23.